The number of benzene rings is 1. The summed E-state index contributed by atoms with van der Waals surface area (Å²) in [4.78, 5) is 5.58. The maximum atomic E-state index is 12.1. The number of hydrogen-bond acceptors (Lipinski definition) is 6. The van der Waals surface area contributed by atoms with Gasteiger partial charge in [-0.2, -0.15) is 0 Å². The second-order valence-corrected chi connectivity index (χ2v) is 8.23. The maximum absolute atomic E-state index is 12.1. The van der Waals surface area contributed by atoms with Gasteiger partial charge in [0.25, 0.3) is 0 Å². The van der Waals surface area contributed by atoms with Crippen molar-refractivity contribution in [2.45, 2.75) is 18.4 Å². The van der Waals surface area contributed by atoms with Gasteiger partial charge in [-0.1, -0.05) is 0 Å². The summed E-state index contributed by atoms with van der Waals surface area (Å²) in [6, 6.07) is 4.64. The number of aromatic nitrogens is 1. The van der Waals surface area contributed by atoms with Crippen LogP contribution in [-0.2, 0) is 16.6 Å². The molecule has 2 rings (SSSR count). The van der Waals surface area contributed by atoms with Gasteiger partial charge < -0.3 is 11.1 Å². The van der Waals surface area contributed by atoms with Crippen LogP contribution in [0.4, 0.5) is 11.4 Å². The molecular formula is C13H18N4O2S2. The van der Waals surface area contributed by atoms with Crippen LogP contribution in [0.5, 0.6) is 0 Å². The van der Waals surface area contributed by atoms with Gasteiger partial charge in [-0.3, -0.25) is 0 Å². The first-order chi connectivity index (χ1) is 9.80. The third-order valence-electron chi connectivity index (χ3n) is 2.90. The summed E-state index contributed by atoms with van der Waals surface area (Å²) in [5.74, 6) is 0. The topological polar surface area (TPSA) is 88.3 Å². The van der Waals surface area contributed by atoms with Gasteiger partial charge in [0.2, 0.25) is 10.0 Å². The Morgan fingerprint density at radius 1 is 1.38 bits per heavy atom. The van der Waals surface area contributed by atoms with Crippen molar-refractivity contribution in [3.8, 4) is 0 Å². The third-order valence-corrected chi connectivity index (χ3v) is 5.63. The number of nitrogens with one attached hydrogen (secondary N) is 1. The second-order valence-electron chi connectivity index (χ2n) is 4.75. The lowest BCUT2D eigenvalue weighted by atomic mass is 10.2. The lowest BCUT2D eigenvalue weighted by Crippen LogP contribution is -2.22. The average Bonchev–Trinajstić information content (AvgIpc) is 2.83. The zero-order valence-corrected chi connectivity index (χ0v) is 13.8. The lowest BCUT2D eigenvalue weighted by molar-refractivity contribution is 0.521. The van der Waals surface area contributed by atoms with E-state index >= 15 is 0 Å². The van der Waals surface area contributed by atoms with Crippen LogP contribution in [0.25, 0.3) is 0 Å². The largest absolute Gasteiger partial charge is 0.397 e. The van der Waals surface area contributed by atoms with Crippen LogP contribution in [0.3, 0.4) is 0 Å². The van der Waals surface area contributed by atoms with Crippen molar-refractivity contribution in [1.29, 1.82) is 0 Å². The molecule has 0 saturated carbocycles. The molecule has 0 amide bonds. The first-order valence-electron chi connectivity index (χ1n) is 6.28. The molecule has 0 aliphatic rings. The molecular weight excluding hydrogens is 308 g/mol. The Morgan fingerprint density at radius 2 is 2.10 bits per heavy atom. The van der Waals surface area contributed by atoms with Gasteiger partial charge in [0.05, 0.1) is 22.8 Å². The minimum absolute atomic E-state index is 0.208. The molecule has 3 N–H and O–H groups in total. The van der Waals surface area contributed by atoms with Crippen LogP contribution in [0.2, 0.25) is 0 Å². The number of rotatable bonds is 5. The number of nitrogens with two attached hydrogens (primary N) is 1. The predicted octanol–water partition coefficient (Wildman–Crippen LogP) is 1.90. The molecule has 0 saturated heterocycles. The van der Waals surface area contributed by atoms with Crippen LogP contribution in [0.1, 0.15) is 9.88 Å². The Hall–Kier alpha value is -1.64. The van der Waals surface area contributed by atoms with Gasteiger partial charge in [0.1, 0.15) is 5.01 Å². The van der Waals surface area contributed by atoms with Gasteiger partial charge in [0, 0.05) is 25.2 Å². The van der Waals surface area contributed by atoms with E-state index in [4.69, 9.17) is 5.73 Å². The molecule has 0 radical (unpaired) electrons. The van der Waals surface area contributed by atoms with E-state index in [9.17, 15) is 8.42 Å². The molecule has 1 aromatic heterocycles. The molecule has 0 fully saturated rings. The summed E-state index contributed by atoms with van der Waals surface area (Å²) in [5, 5.41) is 4.06. The molecule has 8 heteroatoms. The van der Waals surface area contributed by atoms with Crippen LogP contribution in [-0.4, -0.2) is 31.8 Å². The maximum Gasteiger partial charge on any atom is 0.242 e. The zero-order valence-electron chi connectivity index (χ0n) is 12.1. The van der Waals surface area contributed by atoms with E-state index in [0.29, 0.717) is 17.9 Å². The quantitative estimate of drug-likeness (QED) is 0.819. The van der Waals surface area contributed by atoms with Gasteiger partial charge in [-0.05, 0) is 25.1 Å². The zero-order chi connectivity index (χ0) is 15.6. The molecule has 6 nitrogen and oxygen atoms in total. The molecule has 0 aliphatic carbocycles. The normalized spacial score (nSPS) is 11.8. The Kier molecular flexibility index (Phi) is 4.50. The predicted molar refractivity (Wildman–Crippen MR) is 85.9 cm³/mol. The molecule has 0 bridgehead atoms. The summed E-state index contributed by atoms with van der Waals surface area (Å²) >= 11 is 1.59. The monoisotopic (exact) mass is 326 g/mol. The van der Waals surface area contributed by atoms with Crippen LogP contribution in [0, 0.1) is 6.92 Å². The minimum Gasteiger partial charge on any atom is -0.397 e. The Bertz CT molecular complexity index is 738. The van der Waals surface area contributed by atoms with Crippen molar-refractivity contribution in [3.63, 3.8) is 0 Å². The highest BCUT2D eigenvalue weighted by molar-refractivity contribution is 7.89. The number of nitrogens with zero attached hydrogens (tertiary/aromatic N) is 2. The second kappa shape index (κ2) is 6.00. The van der Waals surface area contributed by atoms with E-state index in [0.717, 1.165) is 9.88 Å². The first kappa shape index (κ1) is 15.7. The lowest BCUT2D eigenvalue weighted by Gasteiger charge is -2.14. The molecule has 2 aromatic rings. The number of anilines is 2. The van der Waals surface area contributed by atoms with Crippen molar-refractivity contribution in [2.75, 3.05) is 25.1 Å². The van der Waals surface area contributed by atoms with Gasteiger partial charge in [-0.25, -0.2) is 17.7 Å². The standard InChI is InChI=1S/C13H18N4O2S2/c1-9-7-16-13(20-9)8-15-12-6-10(4-5-11(12)14)21(18,19)17(2)3/h4-7,15H,8,14H2,1-3H3. The van der Waals surface area contributed by atoms with Crippen molar-refractivity contribution >= 4 is 32.7 Å². The van der Waals surface area contributed by atoms with Gasteiger partial charge >= 0.3 is 0 Å². The van der Waals surface area contributed by atoms with Crippen molar-refractivity contribution < 1.29 is 8.42 Å². The fourth-order valence-corrected chi connectivity index (χ4v) is 3.37. The molecule has 0 aliphatic heterocycles. The van der Waals surface area contributed by atoms with E-state index < -0.39 is 10.0 Å². The van der Waals surface area contributed by atoms with E-state index in [1.54, 1.807) is 29.7 Å². The molecule has 0 unspecified atom stereocenters. The van der Waals surface area contributed by atoms with Crippen LogP contribution < -0.4 is 11.1 Å². The van der Waals surface area contributed by atoms with Gasteiger partial charge in [0.15, 0.2) is 0 Å². The van der Waals surface area contributed by atoms with E-state index in [1.807, 2.05) is 6.92 Å². The van der Waals surface area contributed by atoms with Crippen molar-refractivity contribution in [2.24, 2.45) is 0 Å². The van der Waals surface area contributed by atoms with E-state index in [1.165, 1.54) is 24.5 Å². The minimum atomic E-state index is -3.47. The third kappa shape index (κ3) is 3.52. The van der Waals surface area contributed by atoms with E-state index in [-0.39, 0.29) is 4.90 Å². The highest BCUT2D eigenvalue weighted by Crippen LogP contribution is 2.25. The number of aryl methyl sites for hydroxylation is 1. The Morgan fingerprint density at radius 3 is 2.67 bits per heavy atom. The number of nitrogen functional groups attached to an aromatic ring is 1. The molecule has 114 valence electrons. The van der Waals surface area contributed by atoms with Crippen molar-refractivity contribution in [1.82, 2.24) is 9.29 Å². The molecule has 1 aromatic carbocycles. The van der Waals surface area contributed by atoms with Crippen LogP contribution in [0.15, 0.2) is 29.3 Å². The van der Waals surface area contributed by atoms with Gasteiger partial charge in [-0.15, -0.1) is 11.3 Å². The molecule has 21 heavy (non-hydrogen) atoms. The Balaban J connectivity index is 2.24. The van der Waals surface area contributed by atoms with Crippen molar-refractivity contribution in [3.05, 3.63) is 34.3 Å². The summed E-state index contributed by atoms with van der Waals surface area (Å²) in [5.41, 5.74) is 6.98. The highest BCUT2D eigenvalue weighted by atomic mass is 32.2. The summed E-state index contributed by atoms with van der Waals surface area (Å²) < 4.78 is 25.4. The molecule has 0 spiro atoms. The highest BCUT2D eigenvalue weighted by Gasteiger charge is 2.18. The number of sulfonamides is 1. The summed E-state index contributed by atoms with van der Waals surface area (Å²) in [6.07, 6.45) is 1.80. The summed E-state index contributed by atoms with van der Waals surface area (Å²) in [7, 11) is -0.476. The molecule has 1 heterocycles. The number of thiazole rings is 1. The van der Waals surface area contributed by atoms with E-state index in [2.05, 4.69) is 10.3 Å². The number of hydrogen-bond donors (Lipinski definition) is 2. The fraction of sp³-hybridized carbons (Fsp3) is 0.308. The molecule has 0 atom stereocenters. The SMILES string of the molecule is Cc1cnc(CNc2cc(S(=O)(=O)N(C)C)ccc2N)s1. The first-order valence-corrected chi connectivity index (χ1v) is 8.53. The summed E-state index contributed by atoms with van der Waals surface area (Å²) in [6.45, 7) is 2.49. The average molecular weight is 326 g/mol. The fourth-order valence-electron chi connectivity index (χ4n) is 1.71. The smallest absolute Gasteiger partial charge is 0.242 e. The Labute approximate surface area is 128 Å². The van der Waals surface area contributed by atoms with Crippen LogP contribution >= 0.6 is 11.3 Å².